The summed E-state index contributed by atoms with van der Waals surface area (Å²) >= 11 is 0. The lowest BCUT2D eigenvalue weighted by molar-refractivity contribution is 0.756. The minimum atomic E-state index is 0.769. The molecular weight excluding hydrogens is 140 g/mol. The van der Waals surface area contributed by atoms with Crippen LogP contribution in [-0.4, -0.2) is 23.1 Å². The molecule has 58 valence electrons. The summed E-state index contributed by atoms with van der Waals surface area (Å²) in [6, 6.07) is 1.82. The maximum atomic E-state index is 4.11. The summed E-state index contributed by atoms with van der Waals surface area (Å²) < 4.78 is 0. The average Bonchev–Trinajstić information content (AvgIpc) is 2.58. The van der Waals surface area contributed by atoms with E-state index in [1.54, 1.807) is 12.4 Å². The summed E-state index contributed by atoms with van der Waals surface area (Å²) in [6.07, 6.45) is 4.67. The fourth-order valence-electron chi connectivity index (χ4n) is 1.13. The summed E-state index contributed by atoms with van der Waals surface area (Å²) in [5, 5.41) is 1.97. The Morgan fingerprint density at radius 3 is 2.82 bits per heavy atom. The third-order valence-electron chi connectivity index (χ3n) is 1.65. The standard InChI is InChI=1S/C7H10N4/c1-3-8-7(9-4-1)11-6-2-5-10-11/h1,3-4,10H,2,5-6H2. The normalized spacial score (nSPS) is 17.3. The molecule has 1 aliphatic heterocycles. The van der Waals surface area contributed by atoms with Crippen LogP contribution in [0.2, 0.25) is 0 Å². The van der Waals surface area contributed by atoms with Crippen LogP contribution < -0.4 is 10.4 Å². The first-order valence-electron chi connectivity index (χ1n) is 3.75. The van der Waals surface area contributed by atoms with Gasteiger partial charge < -0.3 is 0 Å². The Labute approximate surface area is 65.2 Å². The molecule has 1 fully saturated rings. The van der Waals surface area contributed by atoms with Gasteiger partial charge in [0, 0.05) is 25.5 Å². The van der Waals surface area contributed by atoms with E-state index in [1.807, 2.05) is 11.1 Å². The van der Waals surface area contributed by atoms with Gasteiger partial charge in [0.15, 0.2) is 0 Å². The number of nitrogens with zero attached hydrogens (tertiary/aromatic N) is 3. The number of anilines is 1. The lowest BCUT2D eigenvalue weighted by Crippen LogP contribution is -2.31. The van der Waals surface area contributed by atoms with Crippen LogP contribution in [0.15, 0.2) is 18.5 Å². The number of rotatable bonds is 1. The molecule has 1 aromatic rings. The second-order valence-electron chi connectivity index (χ2n) is 2.46. The van der Waals surface area contributed by atoms with E-state index in [2.05, 4.69) is 15.4 Å². The molecule has 0 spiro atoms. The minimum Gasteiger partial charge on any atom is -0.276 e. The van der Waals surface area contributed by atoms with Gasteiger partial charge in [-0.1, -0.05) is 0 Å². The Balaban J connectivity index is 2.16. The Morgan fingerprint density at radius 2 is 2.18 bits per heavy atom. The van der Waals surface area contributed by atoms with Crippen LogP contribution in [0.4, 0.5) is 5.95 Å². The van der Waals surface area contributed by atoms with Gasteiger partial charge in [-0.3, -0.25) is 5.01 Å². The molecule has 0 saturated carbocycles. The molecule has 2 heterocycles. The van der Waals surface area contributed by atoms with Crippen molar-refractivity contribution in [1.29, 1.82) is 0 Å². The highest BCUT2D eigenvalue weighted by molar-refractivity contribution is 5.26. The van der Waals surface area contributed by atoms with Crippen molar-refractivity contribution in [2.45, 2.75) is 6.42 Å². The van der Waals surface area contributed by atoms with Gasteiger partial charge in [0.2, 0.25) is 5.95 Å². The summed E-state index contributed by atoms with van der Waals surface area (Å²) in [4.78, 5) is 8.23. The van der Waals surface area contributed by atoms with Gasteiger partial charge in [-0.2, -0.15) is 0 Å². The highest BCUT2D eigenvalue weighted by atomic mass is 15.6. The maximum absolute atomic E-state index is 4.11. The molecule has 4 heteroatoms. The van der Waals surface area contributed by atoms with Crippen LogP contribution in [-0.2, 0) is 0 Å². The van der Waals surface area contributed by atoms with Crippen LogP contribution in [0, 0.1) is 0 Å². The van der Waals surface area contributed by atoms with Crippen molar-refractivity contribution in [3.8, 4) is 0 Å². The molecule has 2 rings (SSSR count). The van der Waals surface area contributed by atoms with Gasteiger partial charge >= 0.3 is 0 Å². The van der Waals surface area contributed by atoms with E-state index < -0.39 is 0 Å². The Morgan fingerprint density at radius 1 is 1.36 bits per heavy atom. The van der Waals surface area contributed by atoms with Crippen LogP contribution in [0.1, 0.15) is 6.42 Å². The Hall–Kier alpha value is -1.16. The predicted molar refractivity (Wildman–Crippen MR) is 42.0 cm³/mol. The van der Waals surface area contributed by atoms with Crippen LogP contribution in [0.25, 0.3) is 0 Å². The topological polar surface area (TPSA) is 41.1 Å². The van der Waals surface area contributed by atoms with Crippen molar-refractivity contribution in [3.05, 3.63) is 18.5 Å². The van der Waals surface area contributed by atoms with Crippen molar-refractivity contribution in [2.24, 2.45) is 0 Å². The van der Waals surface area contributed by atoms with E-state index in [4.69, 9.17) is 0 Å². The molecule has 0 bridgehead atoms. The summed E-state index contributed by atoms with van der Waals surface area (Å²) in [6.45, 7) is 2.03. The van der Waals surface area contributed by atoms with Gasteiger partial charge in [-0.15, -0.1) is 0 Å². The van der Waals surface area contributed by atoms with Crippen molar-refractivity contribution in [2.75, 3.05) is 18.1 Å². The number of hydrogen-bond donors (Lipinski definition) is 1. The summed E-state index contributed by atoms with van der Waals surface area (Å²) in [5.41, 5.74) is 3.18. The monoisotopic (exact) mass is 150 g/mol. The molecular formula is C7H10N4. The molecule has 0 amide bonds. The quantitative estimate of drug-likeness (QED) is 0.620. The molecule has 1 saturated heterocycles. The Bertz CT molecular complexity index is 217. The SMILES string of the molecule is c1cnc(N2CCCN2)nc1. The highest BCUT2D eigenvalue weighted by Crippen LogP contribution is 2.05. The molecule has 1 N–H and O–H groups in total. The van der Waals surface area contributed by atoms with Crippen LogP contribution >= 0.6 is 0 Å². The first-order valence-corrected chi connectivity index (χ1v) is 3.75. The lowest BCUT2D eigenvalue weighted by Gasteiger charge is -2.13. The van der Waals surface area contributed by atoms with E-state index in [1.165, 1.54) is 0 Å². The molecule has 0 radical (unpaired) electrons. The predicted octanol–water partition coefficient (Wildman–Crippen LogP) is 0.191. The summed E-state index contributed by atoms with van der Waals surface area (Å²) in [5.74, 6) is 0.769. The van der Waals surface area contributed by atoms with E-state index in [-0.39, 0.29) is 0 Å². The molecule has 4 nitrogen and oxygen atoms in total. The van der Waals surface area contributed by atoms with E-state index in [9.17, 15) is 0 Å². The highest BCUT2D eigenvalue weighted by Gasteiger charge is 2.12. The molecule has 0 aromatic carbocycles. The van der Waals surface area contributed by atoms with Gasteiger partial charge in [-0.25, -0.2) is 15.4 Å². The fourth-order valence-corrected chi connectivity index (χ4v) is 1.13. The fraction of sp³-hybridized carbons (Fsp3) is 0.429. The van der Waals surface area contributed by atoms with Gasteiger partial charge in [0.25, 0.3) is 0 Å². The number of hydrazine groups is 1. The first-order chi connectivity index (χ1) is 5.47. The molecule has 0 atom stereocenters. The third-order valence-corrected chi connectivity index (χ3v) is 1.65. The zero-order valence-corrected chi connectivity index (χ0v) is 6.20. The smallest absolute Gasteiger partial charge is 0.239 e. The molecule has 0 aliphatic carbocycles. The van der Waals surface area contributed by atoms with Crippen molar-refractivity contribution in [1.82, 2.24) is 15.4 Å². The summed E-state index contributed by atoms with van der Waals surface area (Å²) in [7, 11) is 0. The van der Waals surface area contributed by atoms with Crippen LogP contribution in [0.3, 0.4) is 0 Å². The van der Waals surface area contributed by atoms with Crippen molar-refractivity contribution < 1.29 is 0 Å². The lowest BCUT2D eigenvalue weighted by atomic mass is 10.5. The minimum absolute atomic E-state index is 0.769. The number of nitrogens with one attached hydrogen (secondary N) is 1. The van der Waals surface area contributed by atoms with E-state index in [0.717, 1.165) is 25.5 Å². The van der Waals surface area contributed by atoms with E-state index >= 15 is 0 Å². The van der Waals surface area contributed by atoms with Gasteiger partial charge in [-0.05, 0) is 12.5 Å². The average molecular weight is 150 g/mol. The maximum Gasteiger partial charge on any atom is 0.239 e. The molecule has 1 aromatic heterocycles. The van der Waals surface area contributed by atoms with E-state index in [0.29, 0.717) is 0 Å². The number of aromatic nitrogens is 2. The largest absolute Gasteiger partial charge is 0.276 e. The first kappa shape index (κ1) is 6.54. The second-order valence-corrected chi connectivity index (χ2v) is 2.46. The second kappa shape index (κ2) is 2.84. The molecule has 0 unspecified atom stereocenters. The molecule has 1 aliphatic rings. The van der Waals surface area contributed by atoms with Crippen molar-refractivity contribution >= 4 is 5.95 Å². The third kappa shape index (κ3) is 1.30. The zero-order chi connectivity index (χ0) is 7.52. The zero-order valence-electron chi connectivity index (χ0n) is 6.20. The Kier molecular flexibility index (Phi) is 1.69. The number of hydrogen-bond acceptors (Lipinski definition) is 4. The van der Waals surface area contributed by atoms with Crippen molar-refractivity contribution in [3.63, 3.8) is 0 Å². The van der Waals surface area contributed by atoms with Crippen LogP contribution in [0.5, 0.6) is 0 Å². The van der Waals surface area contributed by atoms with Gasteiger partial charge in [0.1, 0.15) is 0 Å². The van der Waals surface area contributed by atoms with Gasteiger partial charge in [0.05, 0.1) is 0 Å². The molecule has 11 heavy (non-hydrogen) atoms.